The van der Waals surface area contributed by atoms with Crippen molar-refractivity contribution >= 4 is 5.78 Å². The molecule has 1 aromatic carbocycles. The fourth-order valence-corrected chi connectivity index (χ4v) is 1.21. The summed E-state index contributed by atoms with van der Waals surface area (Å²) < 4.78 is 4.93. The second-order valence-corrected chi connectivity index (χ2v) is 3.01. The highest BCUT2D eigenvalue weighted by molar-refractivity contribution is 6.07. The summed E-state index contributed by atoms with van der Waals surface area (Å²) in [5, 5.41) is 18.3. The smallest absolute Gasteiger partial charge is 0.228 e. The Morgan fingerprint density at radius 2 is 1.93 bits per heavy atom. The minimum absolute atomic E-state index is 0.195. The van der Waals surface area contributed by atoms with Gasteiger partial charge in [-0.2, -0.15) is 0 Å². The maximum Gasteiger partial charge on any atom is 0.228 e. The lowest BCUT2D eigenvalue weighted by Gasteiger charge is -2.00. The van der Waals surface area contributed by atoms with Gasteiger partial charge in [0.2, 0.25) is 5.78 Å². The quantitative estimate of drug-likeness (QED) is 0.579. The fraction of sp³-hybridized carbons (Fsp3) is 0. The van der Waals surface area contributed by atoms with Gasteiger partial charge in [-0.15, -0.1) is 0 Å². The number of hydrogen-bond donors (Lipinski definition) is 2. The summed E-state index contributed by atoms with van der Waals surface area (Å²) >= 11 is 0. The molecule has 0 saturated carbocycles. The first kappa shape index (κ1) is 9.33. The van der Waals surface area contributed by atoms with Gasteiger partial charge in [-0.25, -0.2) is 0 Å². The van der Waals surface area contributed by atoms with Gasteiger partial charge in [0.25, 0.3) is 0 Å². The van der Waals surface area contributed by atoms with Crippen molar-refractivity contribution < 1.29 is 19.4 Å². The predicted octanol–water partition coefficient (Wildman–Crippen LogP) is 1.92. The standard InChI is InChI=1S/C11H8O4/c12-8-4-3-7(6-9(8)13)11(14)10-2-1-5-15-10/h1-6,12-13H. The highest BCUT2D eigenvalue weighted by Gasteiger charge is 2.13. The number of carbonyl (C=O) groups is 1. The van der Waals surface area contributed by atoms with Gasteiger partial charge in [-0.1, -0.05) is 0 Å². The van der Waals surface area contributed by atoms with Crippen molar-refractivity contribution in [2.75, 3.05) is 0 Å². The molecule has 0 bridgehead atoms. The van der Waals surface area contributed by atoms with Crippen molar-refractivity contribution in [3.8, 4) is 11.5 Å². The third-order valence-electron chi connectivity index (χ3n) is 1.98. The summed E-state index contributed by atoms with van der Waals surface area (Å²) in [7, 11) is 0. The first-order valence-electron chi connectivity index (χ1n) is 4.28. The summed E-state index contributed by atoms with van der Waals surface area (Å²) in [5.74, 6) is -0.728. The maximum absolute atomic E-state index is 11.7. The predicted molar refractivity (Wildman–Crippen MR) is 51.9 cm³/mol. The van der Waals surface area contributed by atoms with Crippen LogP contribution in [0.25, 0.3) is 0 Å². The van der Waals surface area contributed by atoms with Crippen molar-refractivity contribution in [1.82, 2.24) is 0 Å². The van der Waals surface area contributed by atoms with E-state index < -0.39 is 0 Å². The van der Waals surface area contributed by atoms with Crippen molar-refractivity contribution in [3.63, 3.8) is 0 Å². The Morgan fingerprint density at radius 3 is 2.53 bits per heavy atom. The van der Waals surface area contributed by atoms with Crippen molar-refractivity contribution in [2.45, 2.75) is 0 Å². The van der Waals surface area contributed by atoms with Crippen LogP contribution in [0.3, 0.4) is 0 Å². The molecule has 1 heterocycles. The molecule has 0 amide bonds. The number of phenols is 2. The Hall–Kier alpha value is -2.23. The van der Waals surface area contributed by atoms with Gasteiger partial charge in [0.05, 0.1) is 6.26 Å². The zero-order valence-electron chi connectivity index (χ0n) is 7.68. The second kappa shape index (κ2) is 3.49. The summed E-state index contributed by atoms with van der Waals surface area (Å²) in [4.78, 5) is 11.7. The van der Waals surface area contributed by atoms with Crippen LogP contribution in [0.5, 0.6) is 11.5 Å². The molecule has 0 aliphatic heterocycles. The number of hydrogen-bond acceptors (Lipinski definition) is 4. The molecule has 4 heteroatoms. The minimum Gasteiger partial charge on any atom is -0.504 e. The maximum atomic E-state index is 11.7. The number of aromatic hydroxyl groups is 2. The molecular weight excluding hydrogens is 196 g/mol. The number of furan rings is 1. The Balaban J connectivity index is 2.39. The molecule has 0 aliphatic carbocycles. The van der Waals surface area contributed by atoms with Gasteiger partial charge in [0.15, 0.2) is 17.3 Å². The number of phenolic OH excluding ortho intramolecular Hbond substituents is 2. The van der Waals surface area contributed by atoms with E-state index in [0.717, 1.165) is 0 Å². The van der Waals surface area contributed by atoms with Crippen LogP contribution in [-0.2, 0) is 0 Å². The Labute approximate surface area is 85.4 Å². The summed E-state index contributed by atoms with van der Waals surface area (Å²) in [6.07, 6.45) is 1.40. The Kier molecular flexibility index (Phi) is 2.17. The van der Waals surface area contributed by atoms with Gasteiger partial charge in [0.1, 0.15) is 0 Å². The lowest BCUT2D eigenvalue weighted by molar-refractivity contribution is 0.101. The molecule has 0 atom stereocenters. The average Bonchev–Trinajstić information content (AvgIpc) is 2.74. The van der Waals surface area contributed by atoms with Crippen molar-refractivity contribution in [3.05, 3.63) is 47.9 Å². The van der Waals surface area contributed by atoms with Gasteiger partial charge < -0.3 is 14.6 Å². The van der Waals surface area contributed by atoms with Crippen LogP contribution >= 0.6 is 0 Å². The van der Waals surface area contributed by atoms with Crippen LogP contribution in [0.2, 0.25) is 0 Å². The average molecular weight is 204 g/mol. The zero-order valence-corrected chi connectivity index (χ0v) is 7.68. The van der Waals surface area contributed by atoms with E-state index in [4.69, 9.17) is 9.52 Å². The molecule has 2 aromatic rings. The number of ketones is 1. The van der Waals surface area contributed by atoms with E-state index in [-0.39, 0.29) is 28.6 Å². The molecule has 15 heavy (non-hydrogen) atoms. The van der Waals surface area contributed by atoms with Crippen molar-refractivity contribution in [2.24, 2.45) is 0 Å². The third-order valence-corrected chi connectivity index (χ3v) is 1.98. The summed E-state index contributed by atoms with van der Waals surface area (Å²) in [6.45, 7) is 0. The van der Waals surface area contributed by atoms with E-state index in [1.165, 1.54) is 30.5 Å². The third kappa shape index (κ3) is 1.69. The molecule has 0 saturated heterocycles. The molecule has 4 nitrogen and oxygen atoms in total. The van der Waals surface area contributed by atoms with Gasteiger partial charge in [-0.05, 0) is 30.3 Å². The lowest BCUT2D eigenvalue weighted by Crippen LogP contribution is -1.98. The van der Waals surface area contributed by atoms with Crippen LogP contribution in [0.1, 0.15) is 16.1 Å². The molecule has 0 unspecified atom stereocenters. The number of benzene rings is 1. The van der Waals surface area contributed by atoms with E-state index in [0.29, 0.717) is 0 Å². The van der Waals surface area contributed by atoms with Crippen LogP contribution in [0.15, 0.2) is 41.0 Å². The molecule has 0 spiro atoms. The van der Waals surface area contributed by atoms with E-state index >= 15 is 0 Å². The first-order valence-corrected chi connectivity index (χ1v) is 4.28. The molecular formula is C11H8O4. The molecule has 0 radical (unpaired) electrons. The van der Waals surface area contributed by atoms with Crippen LogP contribution in [-0.4, -0.2) is 16.0 Å². The SMILES string of the molecule is O=C(c1ccc(O)c(O)c1)c1ccco1. The largest absolute Gasteiger partial charge is 0.504 e. The van der Waals surface area contributed by atoms with E-state index in [2.05, 4.69) is 0 Å². The lowest BCUT2D eigenvalue weighted by atomic mass is 10.1. The fourth-order valence-electron chi connectivity index (χ4n) is 1.21. The number of rotatable bonds is 2. The first-order chi connectivity index (χ1) is 7.18. The zero-order chi connectivity index (χ0) is 10.8. The van der Waals surface area contributed by atoms with Gasteiger partial charge >= 0.3 is 0 Å². The van der Waals surface area contributed by atoms with Crippen LogP contribution in [0.4, 0.5) is 0 Å². The van der Waals surface area contributed by atoms with E-state index in [1.54, 1.807) is 6.07 Å². The van der Waals surface area contributed by atoms with Crippen LogP contribution in [0, 0.1) is 0 Å². The molecule has 0 aliphatic rings. The number of carbonyl (C=O) groups excluding carboxylic acids is 1. The molecule has 1 aromatic heterocycles. The topological polar surface area (TPSA) is 70.7 Å². The molecule has 2 rings (SSSR count). The summed E-state index contributed by atoms with van der Waals surface area (Å²) in [6, 6.07) is 7.01. The van der Waals surface area contributed by atoms with E-state index in [1.807, 2.05) is 0 Å². The van der Waals surface area contributed by atoms with E-state index in [9.17, 15) is 9.90 Å². The Morgan fingerprint density at radius 1 is 1.13 bits per heavy atom. The molecule has 2 N–H and O–H groups in total. The highest BCUT2D eigenvalue weighted by Crippen LogP contribution is 2.26. The molecule has 76 valence electrons. The Bertz CT molecular complexity index is 485. The monoisotopic (exact) mass is 204 g/mol. The van der Waals surface area contributed by atoms with Gasteiger partial charge in [0, 0.05) is 5.56 Å². The summed E-state index contributed by atoms with van der Waals surface area (Å²) in [5.41, 5.74) is 0.264. The minimum atomic E-state index is -0.338. The highest BCUT2D eigenvalue weighted by atomic mass is 16.3. The normalized spacial score (nSPS) is 10.1. The molecule has 0 fully saturated rings. The van der Waals surface area contributed by atoms with Crippen LogP contribution < -0.4 is 0 Å². The second-order valence-electron chi connectivity index (χ2n) is 3.01. The van der Waals surface area contributed by atoms with Gasteiger partial charge in [-0.3, -0.25) is 4.79 Å². The van der Waals surface area contributed by atoms with Crippen molar-refractivity contribution in [1.29, 1.82) is 0 Å².